The van der Waals surface area contributed by atoms with E-state index < -0.39 is 27.8 Å². The molecule has 9 nitrogen and oxygen atoms in total. The minimum atomic E-state index is -4.08. The Balaban J connectivity index is 1.73. The number of carbonyl (C=O) groups is 2. The van der Waals surface area contributed by atoms with Gasteiger partial charge in [0.05, 0.1) is 11.4 Å². The SMILES string of the molecule is CC(C)(C)OC(=O)n1cccc1-c1ccc(OCc2ccccc2)c(N2CC(=O)NS2(=O)=O)c1. The summed E-state index contributed by atoms with van der Waals surface area (Å²) in [5, 5.41) is 0. The van der Waals surface area contributed by atoms with Crippen LogP contribution in [0.15, 0.2) is 66.9 Å². The van der Waals surface area contributed by atoms with Crippen LogP contribution in [-0.2, 0) is 26.3 Å². The summed E-state index contributed by atoms with van der Waals surface area (Å²) < 4.78 is 40.9. The molecule has 1 aromatic heterocycles. The summed E-state index contributed by atoms with van der Waals surface area (Å²) in [6, 6.07) is 17.7. The second-order valence-electron chi connectivity index (χ2n) is 8.74. The van der Waals surface area contributed by atoms with Crippen molar-refractivity contribution in [1.29, 1.82) is 0 Å². The van der Waals surface area contributed by atoms with Crippen molar-refractivity contribution in [1.82, 2.24) is 9.29 Å². The third kappa shape index (κ3) is 5.07. The number of hydrogen-bond donors (Lipinski definition) is 1. The lowest BCUT2D eigenvalue weighted by Gasteiger charge is -2.22. The van der Waals surface area contributed by atoms with Crippen molar-refractivity contribution in [2.75, 3.05) is 10.8 Å². The van der Waals surface area contributed by atoms with Crippen molar-refractivity contribution < 1.29 is 27.5 Å². The van der Waals surface area contributed by atoms with Gasteiger partial charge in [-0.2, -0.15) is 8.42 Å². The third-order valence-electron chi connectivity index (χ3n) is 4.92. The second-order valence-corrected chi connectivity index (χ2v) is 10.3. The topological polar surface area (TPSA) is 107 Å². The van der Waals surface area contributed by atoms with E-state index in [2.05, 4.69) is 0 Å². The molecule has 3 aromatic rings. The van der Waals surface area contributed by atoms with Crippen molar-refractivity contribution >= 4 is 27.9 Å². The first kappa shape index (κ1) is 23.4. The summed E-state index contributed by atoms with van der Waals surface area (Å²) >= 11 is 0. The predicted molar refractivity (Wildman–Crippen MR) is 127 cm³/mol. The average Bonchev–Trinajstić information content (AvgIpc) is 3.35. The van der Waals surface area contributed by atoms with Gasteiger partial charge in [-0.25, -0.2) is 13.8 Å². The van der Waals surface area contributed by atoms with Crippen molar-refractivity contribution in [2.24, 2.45) is 0 Å². The van der Waals surface area contributed by atoms with E-state index in [4.69, 9.17) is 9.47 Å². The van der Waals surface area contributed by atoms with Crippen molar-refractivity contribution in [3.8, 4) is 17.0 Å². The maximum absolute atomic E-state index is 12.7. The van der Waals surface area contributed by atoms with Crippen LogP contribution in [0.2, 0.25) is 0 Å². The number of rotatable bonds is 5. The van der Waals surface area contributed by atoms with Gasteiger partial charge in [-0.05, 0) is 56.7 Å². The highest BCUT2D eigenvalue weighted by Gasteiger charge is 2.36. The zero-order chi connectivity index (χ0) is 24.5. The molecule has 0 atom stereocenters. The zero-order valence-electron chi connectivity index (χ0n) is 19.0. The van der Waals surface area contributed by atoms with Crippen LogP contribution in [0.5, 0.6) is 5.75 Å². The molecule has 1 aliphatic rings. The number of carbonyl (C=O) groups excluding carboxylic acids is 2. The van der Waals surface area contributed by atoms with Crippen LogP contribution in [0, 0.1) is 0 Å². The monoisotopic (exact) mass is 483 g/mol. The van der Waals surface area contributed by atoms with E-state index in [1.165, 1.54) is 4.57 Å². The van der Waals surface area contributed by atoms with Gasteiger partial charge in [0.2, 0.25) is 0 Å². The van der Waals surface area contributed by atoms with E-state index >= 15 is 0 Å². The number of nitrogens with one attached hydrogen (secondary N) is 1. The Morgan fingerprint density at radius 2 is 1.79 bits per heavy atom. The van der Waals surface area contributed by atoms with E-state index in [0.717, 1.165) is 9.87 Å². The van der Waals surface area contributed by atoms with Gasteiger partial charge in [-0.15, -0.1) is 0 Å². The van der Waals surface area contributed by atoms with Crippen LogP contribution >= 0.6 is 0 Å². The largest absolute Gasteiger partial charge is 0.487 e. The van der Waals surface area contributed by atoms with Crippen molar-refractivity contribution in [3.63, 3.8) is 0 Å². The normalized spacial score (nSPS) is 15.1. The Morgan fingerprint density at radius 1 is 1.06 bits per heavy atom. The summed E-state index contributed by atoms with van der Waals surface area (Å²) in [7, 11) is -4.08. The number of aromatic nitrogens is 1. The highest BCUT2D eigenvalue weighted by atomic mass is 32.2. The first-order valence-electron chi connectivity index (χ1n) is 10.6. The minimum absolute atomic E-state index is 0.184. The molecule has 1 amide bonds. The summed E-state index contributed by atoms with van der Waals surface area (Å²) in [5.74, 6) is -0.361. The quantitative estimate of drug-likeness (QED) is 0.593. The molecule has 1 saturated heterocycles. The first-order valence-corrected chi connectivity index (χ1v) is 12.0. The summed E-state index contributed by atoms with van der Waals surface area (Å²) in [5.41, 5.74) is 1.45. The average molecular weight is 484 g/mol. The van der Waals surface area contributed by atoms with E-state index in [9.17, 15) is 18.0 Å². The number of hydrogen-bond acceptors (Lipinski definition) is 6. The maximum Gasteiger partial charge on any atom is 0.418 e. The fraction of sp³-hybridized carbons (Fsp3) is 0.250. The van der Waals surface area contributed by atoms with Crippen LogP contribution in [0.25, 0.3) is 11.3 Å². The summed E-state index contributed by atoms with van der Waals surface area (Å²) in [6.45, 7) is 5.14. The van der Waals surface area contributed by atoms with Crippen LogP contribution in [0.3, 0.4) is 0 Å². The fourth-order valence-electron chi connectivity index (χ4n) is 3.48. The second kappa shape index (κ2) is 8.86. The molecule has 2 aromatic carbocycles. The Morgan fingerprint density at radius 3 is 2.44 bits per heavy atom. The van der Waals surface area contributed by atoms with Crippen LogP contribution in [0.4, 0.5) is 10.5 Å². The van der Waals surface area contributed by atoms with Crippen LogP contribution in [-0.4, -0.2) is 37.1 Å². The Labute approximate surface area is 198 Å². The molecule has 1 fully saturated rings. The molecule has 0 spiro atoms. The predicted octanol–water partition coefficient (Wildman–Crippen LogP) is 3.70. The molecule has 0 aliphatic carbocycles. The molecule has 34 heavy (non-hydrogen) atoms. The van der Waals surface area contributed by atoms with Gasteiger partial charge in [-0.3, -0.25) is 9.36 Å². The first-order chi connectivity index (χ1) is 16.0. The molecule has 10 heteroatoms. The standard InChI is InChI=1S/C24H25N3O6S/c1-24(2,3)33-23(29)26-13-7-10-19(26)18-11-12-21(32-16-17-8-5-4-6-9-17)20(14-18)27-15-22(28)25-34(27,30)31/h4-14H,15-16H2,1-3H3,(H,25,28). The van der Waals surface area contributed by atoms with E-state index in [1.54, 1.807) is 57.3 Å². The smallest absolute Gasteiger partial charge is 0.418 e. The van der Waals surface area contributed by atoms with Gasteiger partial charge >= 0.3 is 16.3 Å². The minimum Gasteiger partial charge on any atom is -0.487 e. The number of anilines is 1. The molecule has 1 N–H and O–H groups in total. The van der Waals surface area contributed by atoms with Gasteiger partial charge in [0.1, 0.15) is 24.5 Å². The lowest BCUT2D eigenvalue weighted by atomic mass is 10.1. The zero-order valence-corrected chi connectivity index (χ0v) is 19.8. The van der Waals surface area contributed by atoms with Crippen LogP contribution < -0.4 is 13.8 Å². The molecular weight excluding hydrogens is 458 g/mol. The Kier molecular flexibility index (Phi) is 6.09. The molecule has 4 rings (SSSR count). The van der Waals surface area contributed by atoms with Gasteiger partial charge in [0, 0.05) is 11.8 Å². The maximum atomic E-state index is 12.7. The van der Waals surface area contributed by atoms with E-state index in [0.29, 0.717) is 11.3 Å². The molecule has 0 bridgehead atoms. The van der Waals surface area contributed by atoms with Crippen molar-refractivity contribution in [2.45, 2.75) is 33.0 Å². The van der Waals surface area contributed by atoms with Gasteiger partial charge in [0.15, 0.2) is 0 Å². The molecule has 0 unspecified atom stereocenters. The number of ether oxygens (including phenoxy) is 2. The fourth-order valence-corrected chi connectivity index (χ4v) is 4.63. The summed E-state index contributed by atoms with van der Waals surface area (Å²) in [4.78, 5) is 24.6. The highest BCUT2D eigenvalue weighted by molar-refractivity contribution is 7.92. The molecular formula is C24H25N3O6S. The van der Waals surface area contributed by atoms with Gasteiger partial charge < -0.3 is 9.47 Å². The molecule has 0 radical (unpaired) electrons. The molecule has 0 saturated carbocycles. The van der Waals surface area contributed by atoms with E-state index in [1.807, 2.05) is 35.1 Å². The molecule has 2 heterocycles. The third-order valence-corrected chi connectivity index (χ3v) is 6.31. The van der Waals surface area contributed by atoms with Crippen LogP contribution in [0.1, 0.15) is 26.3 Å². The molecule has 1 aliphatic heterocycles. The Hall–Kier alpha value is -3.79. The van der Waals surface area contributed by atoms with Gasteiger partial charge in [0.25, 0.3) is 5.91 Å². The van der Waals surface area contributed by atoms with Gasteiger partial charge in [-0.1, -0.05) is 30.3 Å². The lowest BCUT2D eigenvalue weighted by Crippen LogP contribution is -2.30. The number of amides is 1. The molecule has 178 valence electrons. The Bertz CT molecular complexity index is 1330. The number of benzene rings is 2. The number of nitrogens with zero attached hydrogens (tertiary/aromatic N) is 2. The van der Waals surface area contributed by atoms with Crippen molar-refractivity contribution in [3.05, 3.63) is 72.4 Å². The van der Waals surface area contributed by atoms with E-state index in [-0.39, 0.29) is 24.6 Å². The summed E-state index contributed by atoms with van der Waals surface area (Å²) in [6.07, 6.45) is 1.00. The lowest BCUT2D eigenvalue weighted by molar-refractivity contribution is -0.117. The highest BCUT2D eigenvalue weighted by Crippen LogP contribution is 2.36.